The topological polar surface area (TPSA) is 26.3 Å². The molecule has 0 spiro atoms. The van der Waals surface area contributed by atoms with Crippen LogP contribution in [0.1, 0.15) is 17.8 Å². The Labute approximate surface area is 283 Å². The van der Waals surface area contributed by atoms with Gasteiger partial charge in [0, 0.05) is 27.5 Å². The molecule has 0 aliphatic heterocycles. The van der Waals surface area contributed by atoms with Gasteiger partial charge in [-0.05, 0) is 61.6 Å². The average Bonchev–Trinajstić information content (AvgIpc) is 3.85. The first-order chi connectivity index (χ1) is 28.2. The van der Waals surface area contributed by atoms with Gasteiger partial charge in [0.05, 0.1) is 23.2 Å². The summed E-state index contributed by atoms with van der Waals surface area (Å²) in [4.78, 5) is 0. The molecule has 2 heteroatoms. The van der Waals surface area contributed by atoms with Gasteiger partial charge in [0.25, 0.3) is 0 Å². The van der Waals surface area contributed by atoms with E-state index >= 15 is 0 Å². The molecule has 0 bridgehead atoms. The van der Waals surface area contributed by atoms with Crippen molar-refractivity contribution in [1.29, 1.82) is 0 Å². The minimum atomic E-state index is -0.637. The van der Waals surface area contributed by atoms with Gasteiger partial charge in [0.15, 0.2) is 0 Å². The summed E-state index contributed by atoms with van der Waals surface area (Å²) in [5, 5.41) is 1.33. The molecule has 10 aromatic rings. The zero-order valence-electron chi connectivity index (χ0n) is 36.8. The molecule has 0 amide bonds. The molecule has 2 nitrogen and oxygen atoms in total. The lowest BCUT2D eigenvalue weighted by atomic mass is 9.84. The second-order valence-electron chi connectivity index (χ2n) is 11.0. The van der Waals surface area contributed by atoms with Crippen molar-refractivity contribution in [1.82, 2.24) is 0 Å². The predicted molar refractivity (Wildman–Crippen MR) is 192 cm³/mol. The first kappa shape index (κ1) is 15.7. The van der Waals surface area contributed by atoms with Crippen LogP contribution in [0.25, 0.3) is 98.8 Å². The van der Waals surface area contributed by atoms with Crippen molar-refractivity contribution in [2.75, 3.05) is 0 Å². The maximum absolute atomic E-state index is 9.53. The normalized spacial score (nSPS) is 15.9. The Hall–Kier alpha value is -6.12. The van der Waals surface area contributed by atoms with Gasteiger partial charge in [-0.25, -0.2) is 0 Å². The van der Waals surface area contributed by atoms with Crippen LogP contribution in [0.15, 0.2) is 166 Å². The Balaban J connectivity index is 1.52. The van der Waals surface area contributed by atoms with Crippen molar-refractivity contribution < 1.29 is 26.7 Å². The summed E-state index contributed by atoms with van der Waals surface area (Å²) in [6.07, 6.45) is 0. The number of hydrogen-bond donors (Lipinski definition) is 0. The summed E-state index contributed by atoms with van der Waals surface area (Å²) >= 11 is 0. The minimum Gasteiger partial charge on any atom is -0.455 e. The fourth-order valence-electron chi connectivity index (χ4n) is 6.59. The third-order valence-electron chi connectivity index (χ3n) is 8.56. The Morgan fingerprint density at radius 3 is 1.93 bits per heavy atom. The summed E-state index contributed by atoms with van der Waals surface area (Å²) in [6.45, 7) is 0. The maximum Gasteiger partial charge on any atom is 0.146 e. The van der Waals surface area contributed by atoms with Crippen LogP contribution in [-0.2, 0) is 0 Å². The molecule has 0 radical (unpaired) electrons. The second-order valence-corrected chi connectivity index (χ2v) is 11.0. The largest absolute Gasteiger partial charge is 0.455 e. The van der Waals surface area contributed by atoms with Crippen molar-refractivity contribution in [3.8, 4) is 33.6 Å². The number of benzene rings is 8. The molecule has 46 heavy (non-hydrogen) atoms. The molecule has 0 unspecified atom stereocenters. The zero-order chi connectivity index (χ0) is 41.5. The maximum atomic E-state index is 9.53. The highest BCUT2D eigenvalue weighted by molar-refractivity contribution is 6.27. The first-order valence-corrected chi connectivity index (χ1v) is 14.6. The molecule has 0 aliphatic carbocycles. The van der Waals surface area contributed by atoms with Gasteiger partial charge >= 0.3 is 0 Å². The second kappa shape index (κ2) is 9.69. The lowest BCUT2D eigenvalue weighted by molar-refractivity contribution is 0.632. The molecule has 2 aromatic heterocycles. The number of fused-ring (bicyclic) bond motifs is 8. The van der Waals surface area contributed by atoms with E-state index in [1.807, 2.05) is 60.7 Å². The summed E-state index contributed by atoms with van der Waals surface area (Å²) in [6, 6.07) is 15.9. The van der Waals surface area contributed by atoms with E-state index in [1.54, 1.807) is 6.07 Å². The molecule has 0 aliphatic rings. The molecule has 0 N–H and O–H groups in total. The standard InChI is InChI=1S/C44H26O2/c1-2-14-28(15-3-1)40-26-38-43-36(30-18-10-11-24-39(30)45-43)25-37(44(38)46-40)42-34-21-8-6-19-32(34)41(33-20-7-9-22-35(33)42)31-23-12-16-27-13-4-5-17-29(27)31/h1-26H/i4D,5D,6D,7D,8D,9D,12D,13D,16D,19D,21D,22D,23D. The van der Waals surface area contributed by atoms with E-state index in [0.29, 0.717) is 27.7 Å². The van der Waals surface area contributed by atoms with Crippen LogP contribution < -0.4 is 0 Å². The van der Waals surface area contributed by atoms with Crippen LogP contribution in [0.2, 0.25) is 0 Å². The highest BCUT2D eigenvalue weighted by Crippen LogP contribution is 2.49. The number of hydrogen-bond acceptors (Lipinski definition) is 2. The highest BCUT2D eigenvalue weighted by Gasteiger charge is 2.24. The van der Waals surface area contributed by atoms with Crippen molar-refractivity contribution in [2.45, 2.75) is 0 Å². The SMILES string of the molecule is [2H]c1cc2c(-c3c4cc([2H])c([2H])c([2H])c4c(-c4cc5c6ccccc6oc5c5cc(-c6ccccc6)oc45)c4c([2H])c([2H])c([2H])c([2H])c34)c([2H])c([2H])c([2H])c2c([2H])c1[2H]. The number of rotatable bonds is 3. The zero-order valence-corrected chi connectivity index (χ0v) is 23.8. The molecule has 0 atom stereocenters. The van der Waals surface area contributed by atoms with Crippen molar-refractivity contribution >= 4 is 65.2 Å². The van der Waals surface area contributed by atoms with Crippen LogP contribution in [-0.4, -0.2) is 0 Å². The summed E-state index contributed by atoms with van der Waals surface area (Å²) in [5.41, 5.74) is 2.12. The van der Waals surface area contributed by atoms with E-state index < -0.39 is 78.6 Å². The monoisotopic (exact) mass is 599 g/mol. The van der Waals surface area contributed by atoms with Crippen LogP contribution >= 0.6 is 0 Å². The molecule has 214 valence electrons. The van der Waals surface area contributed by atoms with Crippen LogP contribution in [0.5, 0.6) is 0 Å². The van der Waals surface area contributed by atoms with E-state index in [-0.39, 0.29) is 60.2 Å². The van der Waals surface area contributed by atoms with Crippen molar-refractivity contribution in [3.63, 3.8) is 0 Å². The minimum absolute atomic E-state index is 0.0172. The van der Waals surface area contributed by atoms with Gasteiger partial charge in [0.1, 0.15) is 22.5 Å². The smallest absolute Gasteiger partial charge is 0.146 e. The molecule has 10 rings (SSSR count). The van der Waals surface area contributed by atoms with E-state index in [2.05, 4.69) is 0 Å². The van der Waals surface area contributed by atoms with Gasteiger partial charge in [-0.2, -0.15) is 0 Å². The van der Waals surface area contributed by atoms with Gasteiger partial charge in [0.2, 0.25) is 0 Å². The highest BCUT2D eigenvalue weighted by atomic mass is 16.3. The third-order valence-corrected chi connectivity index (χ3v) is 8.56. The predicted octanol–water partition coefficient (Wildman–Crippen LogP) is 12.8. The van der Waals surface area contributed by atoms with Gasteiger partial charge in [-0.1, -0.05) is 139 Å². The Bertz CT molecular complexity index is 3530. The average molecular weight is 600 g/mol. The summed E-state index contributed by atoms with van der Waals surface area (Å²) < 4.78 is 130. The van der Waals surface area contributed by atoms with Crippen LogP contribution in [0.4, 0.5) is 0 Å². The quantitative estimate of drug-likeness (QED) is 0.189. The number of para-hydroxylation sites is 1. The Morgan fingerprint density at radius 2 is 1.09 bits per heavy atom. The summed E-state index contributed by atoms with van der Waals surface area (Å²) in [5.74, 6) is 0.456. The lowest BCUT2D eigenvalue weighted by Crippen LogP contribution is -1.92. The fraction of sp³-hybridized carbons (Fsp3) is 0. The molecule has 0 saturated heterocycles. The van der Waals surface area contributed by atoms with Crippen LogP contribution in [0.3, 0.4) is 0 Å². The molecule has 0 fully saturated rings. The molecule has 8 aromatic carbocycles. The van der Waals surface area contributed by atoms with Gasteiger partial charge < -0.3 is 8.83 Å². The first-order valence-electron chi connectivity index (χ1n) is 21.1. The number of furan rings is 2. The summed E-state index contributed by atoms with van der Waals surface area (Å²) in [7, 11) is 0. The molecular formula is C44H26O2. The van der Waals surface area contributed by atoms with E-state index in [4.69, 9.17) is 21.2 Å². The third kappa shape index (κ3) is 3.59. The van der Waals surface area contributed by atoms with E-state index in [0.717, 1.165) is 10.9 Å². The fourth-order valence-corrected chi connectivity index (χ4v) is 6.59. The Morgan fingerprint density at radius 1 is 0.413 bits per heavy atom. The van der Waals surface area contributed by atoms with Crippen molar-refractivity contribution in [2.24, 2.45) is 0 Å². The molecule has 2 heterocycles. The molecule has 0 saturated carbocycles. The van der Waals surface area contributed by atoms with Gasteiger partial charge in [-0.3, -0.25) is 0 Å². The van der Waals surface area contributed by atoms with Crippen LogP contribution in [0, 0.1) is 0 Å². The molecular weight excluding hydrogens is 560 g/mol. The lowest BCUT2D eigenvalue weighted by Gasteiger charge is -2.19. The Kier molecular flexibility index (Phi) is 3.32. The van der Waals surface area contributed by atoms with Crippen molar-refractivity contribution in [3.05, 3.63) is 157 Å². The van der Waals surface area contributed by atoms with E-state index in [9.17, 15) is 5.48 Å². The van der Waals surface area contributed by atoms with Gasteiger partial charge in [-0.15, -0.1) is 0 Å². The van der Waals surface area contributed by atoms with E-state index in [1.165, 1.54) is 12.1 Å².